The minimum absolute atomic E-state index is 0.287. The van der Waals surface area contributed by atoms with Crippen molar-refractivity contribution < 1.29 is 19.1 Å². The Morgan fingerprint density at radius 1 is 1.04 bits per heavy atom. The van der Waals surface area contributed by atoms with Gasteiger partial charge in [0.25, 0.3) is 0 Å². The van der Waals surface area contributed by atoms with Crippen LogP contribution in [0.25, 0.3) is 0 Å². The highest BCUT2D eigenvalue weighted by Gasteiger charge is 2.11. The smallest absolute Gasteiger partial charge is 0.340 e. The number of nitrogens with zero attached hydrogens (tertiary/aromatic N) is 2. The number of hydrogen-bond donors (Lipinski definition) is 1. The van der Waals surface area contributed by atoms with Crippen molar-refractivity contribution in [2.24, 2.45) is 10.3 Å². The summed E-state index contributed by atoms with van der Waals surface area (Å²) >= 11 is 0. The fourth-order valence-corrected chi connectivity index (χ4v) is 1.88. The van der Waals surface area contributed by atoms with Gasteiger partial charge in [-0.2, -0.15) is 0 Å². The van der Waals surface area contributed by atoms with Crippen LogP contribution in [-0.2, 0) is 9.47 Å². The molecule has 0 aliphatic heterocycles. The van der Waals surface area contributed by atoms with Gasteiger partial charge < -0.3 is 9.47 Å². The van der Waals surface area contributed by atoms with Crippen LogP contribution in [0.3, 0.4) is 0 Å². The van der Waals surface area contributed by atoms with Crippen molar-refractivity contribution >= 4 is 23.3 Å². The lowest BCUT2D eigenvalue weighted by Gasteiger charge is -2.04. The van der Waals surface area contributed by atoms with E-state index in [2.05, 4.69) is 20.5 Å². The number of rotatable bonds is 6. The molecule has 0 bridgehead atoms. The third-order valence-electron chi connectivity index (χ3n) is 3.04. The third-order valence-corrected chi connectivity index (χ3v) is 3.04. The molecule has 0 heterocycles. The lowest BCUT2D eigenvalue weighted by Crippen LogP contribution is -2.04. The number of methoxy groups -OCH3 is 1. The number of benzene rings is 2. The summed E-state index contributed by atoms with van der Waals surface area (Å²) in [5, 5.41) is 7.86. The van der Waals surface area contributed by atoms with Gasteiger partial charge >= 0.3 is 11.9 Å². The second-order valence-electron chi connectivity index (χ2n) is 4.62. The molecule has 0 spiro atoms. The van der Waals surface area contributed by atoms with Gasteiger partial charge in [-0.05, 0) is 43.3 Å². The van der Waals surface area contributed by atoms with Gasteiger partial charge in [-0.15, -0.1) is 5.11 Å². The lowest BCUT2D eigenvalue weighted by atomic mass is 10.2. The number of esters is 2. The maximum atomic E-state index is 11.8. The third kappa shape index (κ3) is 4.39. The van der Waals surface area contributed by atoms with Crippen LogP contribution in [0.1, 0.15) is 27.6 Å². The topological polar surface area (TPSA) is 89.4 Å². The van der Waals surface area contributed by atoms with E-state index in [1.165, 1.54) is 7.11 Å². The van der Waals surface area contributed by atoms with Crippen LogP contribution in [0, 0.1) is 0 Å². The number of nitrogens with one attached hydrogen (secondary N) is 1. The van der Waals surface area contributed by atoms with Crippen LogP contribution in [0.4, 0.5) is 11.4 Å². The Morgan fingerprint density at radius 3 is 2.42 bits per heavy atom. The van der Waals surface area contributed by atoms with Gasteiger partial charge in [0.05, 0.1) is 30.5 Å². The zero-order chi connectivity index (χ0) is 17.4. The molecule has 0 unspecified atom stereocenters. The van der Waals surface area contributed by atoms with E-state index in [0.717, 1.165) is 0 Å². The highest BCUT2D eigenvalue weighted by Crippen LogP contribution is 2.20. The van der Waals surface area contributed by atoms with E-state index in [-0.39, 0.29) is 6.61 Å². The standard InChI is InChI=1S/C17H17N3O4/c1-3-24-17(22)14-6-4-5-7-15(14)19-20-18-13-10-8-12(9-11-13)16(21)23-2/h4-11H,3H2,1-2H3,(H,18,19). The van der Waals surface area contributed by atoms with Crippen molar-refractivity contribution in [1.29, 1.82) is 0 Å². The number of carbonyl (C=O) groups excluding carboxylic acids is 2. The van der Waals surface area contributed by atoms with Gasteiger partial charge in [0.2, 0.25) is 0 Å². The van der Waals surface area contributed by atoms with Crippen LogP contribution < -0.4 is 5.43 Å². The van der Waals surface area contributed by atoms with Crippen molar-refractivity contribution in [2.45, 2.75) is 6.92 Å². The SMILES string of the molecule is CCOC(=O)c1ccccc1N=NNc1ccc(C(=O)OC)cc1. The highest BCUT2D eigenvalue weighted by molar-refractivity contribution is 5.94. The number of ether oxygens (including phenoxy) is 2. The first-order valence-corrected chi connectivity index (χ1v) is 7.27. The molecule has 7 nitrogen and oxygen atoms in total. The summed E-state index contributed by atoms with van der Waals surface area (Å²) in [7, 11) is 1.32. The summed E-state index contributed by atoms with van der Waals surface area (Å²) in [4.78, 5) is 23.2. The first-order valence-electron chi connectivity index (χ1n) is 7.27. The quantitative estimate of drug-likeness (QED) is 0.495. The average Bonchev–Trinajstić information content (AvgIpc) is 2.62. The first-order chi connectivity index (χ1) is 11.7. The zero-order valence-electron chi connectivity index (χ0n) is 13.4. The molecule has 0 aliphatic rings. The highest BCUT2D eigenvalue weighted by atomic mass is 16.5. The molecular weight excluding hydrogens is 310 g/mol. The first kappa shape index (κ1) is 17.1. The molecule has 0 aliphatic carbocycles. The van der Waals surface area contributed by atoms with Crippen molar-refractivity contribution in [2.75, 3.05) is 19.1 Å². The summed E-state index contributed by atoms with van der Waals surface area (Å²) in [6.07, 6.45) is 0. The van der Waals surface area contributed by atoms with Gasteiger partial charge in [-0.1, -0.05) is 17.4 Å². The molecule has 0 aromatic heterocycles. The average molecular weight is 327 g/mol. The van der Waals surface area contributed by atoms with E-state index in [0.29, 0.717) is 22.5 Å². The Bertz CT molecular complexity index is 742. The summed E-state index contributed by atoms with van der Waals surface area (Å²) in [6.45, 7) is 2.02. The molecule has 0 fully saturated rings. The predicted octanol–water partition coefficient (Wildman–Crippen LogP) is 3.76. The molecule has 24 heavy (non-hydrogen) atoms. The molecule has 0 radical (unpaired) electrons. The number of anilines is 1. The Labute approximate surface area is 139 Å². The number of hydrogen-bond acceptors (Lipinski definition) is 6. The monoisotopic (exact) mass is 327 g/mol. The van der Waals surface area contributed by atoms with E-state index in [4.69, 9.17) is 4.74 Å². The molecular formula is C17H17N3O4. The second kappa shape index (κ2) is 8.42. The van der Waals surface area contributed by atoms with E-state index in [1.807, 2.05) is 0 Å². The van der Waals surface area contributed by atoms with Gasteiger partial charge in [-0.3, -0.25) is 5.43 Å². The Hall–Kier alpha value is -3.22. The van der Waals surface area contributed by atoms with Crippen molar-refractivity contribution in [3.05, 3.63) is 59.7 Å². The van der Waals surface area contributed by atoms with E-state index >= 15 is 0 Å². The zero-order valence-corrected chi connectivity index (χ0v) is 13.4. The van der Waals surface area contributed by atoms with E-state index < -0.39 is 11.9 Å². The van der Waals surface area contributed by atoms with Crippen LogP contribution in [-0.4, -0.2) is 25.7 Å². The molecule has 2 aromatic carbocycles. The fraction of sp³-hybridized carbons (Fsp3) is 0.176. The minimum Gasteiger partial charge on any atom is -0.465 e. The normalized spacial score (nSPS) is 10.4. The molecule has 1 N–H and O–H groups in total. The summed E-state index contributed by atoms with van der Waals surface area (Å²) in [5.41, 5.74) is 4.54. The molecule has 0 saturated heterocycles. The molecule has 2 aromatic rings. The van der Waals surface area contributed by atoms with Gasteiger partial charge in [0.15, 0.2) is 0 Å². The summed E-state index contributed by atoms with van der Waals surface area (Å²) in [5.74, 6) is -0.860. The summed E-state index contributed by atoms with van der Waals surface area (Å²) < 4.78 is 9.60. The molecule has 2 rings (SSSR count). The Kier molecular flexibility index (Phi) is 6.01. The van der Waals surface area contributed by atoms with Crippen molar-refractivity contribution in [3.8, 4) is 0 Å². The Balaban J connectivity index is 2.07. The van der Waals surface area contributed by atoms with Gasteiger partial charge in [-0.25, -0.2) is 9.59 Å². The molecule has 124 valence electrons. The predicted molar refractivity (Wildman–Crippen MR) is 88.3 cm³/mol. The van der Waals surface area contributed by atoms with Crippen molar-refractivity contribution in [3.63, 3.8) is 0 Å². The van der Waals surface area contributed by atoms with Gasteiger partial charge in [0.1, 0.15) is 5.69 Å². The van der Waals surface area contributed by atoms with Crippen LogP contribution in [0.15, 0.2) is 58.9 Å². The van der Waals surface area contributed by atoms with Crippen LogP contribution in [0.5, 0.6) is 0 Å². The molecule has 7 heteroatoms. The fourth-order valence-electron chi connectivity index (χ4n) is 1.88. The summed E-state index contributed by atoms with van der Waals surface area (Å²) in [6, 6.07) is 13.3. The van der Waals surface area contributed by atoms with Crippen LogP contribution >= 0.6 is 0 Å². The maximum Gasteiger partial charge on any atom is 0.340 e. The minimum atomic E-state index is -0.450. The van der Waals surface area contributed by atoms with E-state index in [9.17, 15) is 9.59 Å². The molecule has 0 amide bonds. The van der Waals surface area contributed by atoms with Gasteiger partial charge in [0, 0.05) is 0 Å². The Morgan fingerprint density at radius 2 is 1.75 bits per heavy atom. The second-order valence-corrected chi connectivity index (χ2v) is 4.62. The van der Waals surface area contributed by atoms with Crippen molar-refractivity contribution in [1.82, 2.24) is 0 Å². The maximum absolute atomic E-state index is 11.8. The van der Waals surface area contributed by atoms with Crippen LogP contribution in [0.2, 0.25) is 0 Å². The molecule has 0 saturated carbocycles. The lowest BCUT2D eigenvalue weighted by molar-refractivity contribution is 0.0526. The molecule has 0 atom stereocenters. The number of carbonyl (C=O) groups is 2. The largest absolute Gasteiger partial charge is 0.465 e. The van der Waals surface area contributed by atoms with E-state index in [1.54, 1.807) is 55.5 Å².